The number of hydrogen-bond acceptors (Lipinski definition) is 3. The minimum Gasteiger partial charge on any atom is -0.258 e. The van der Waals surface area contributed by atoms with Crippen LogP contribution in [0.2, 0.25) is 0 Å². The molecule has 0 unspecified atom stereocenters. The van der Waals surface area contributed by atoms with Gasteiger partial charge in [-0.25, -0.2) is 0 Å². The molecular weight excluding hydrogens is 248 g/mol. The molecule has 0 aromatic heterocycles. The Balaban J connectivity index is 3.40. The molecule has 0 fully saturated rings. The minimum atomic E-state index is -0.478. The second kappa shape index (κ2) is 4.20. The summed E-state index contributed by atoms with van der Waals surface area (Å²) < 4.78 is 0. The van der Waals surface area contributed by atoms with Crippen molar-refractivity contribution in [3.63, 3.8) is 0 Å². The Morgan fingerprint density at radius 1 is 1.64 bits per heavy atom. The van der Waals surface area contributed by atoms with Crippen molar-refractivity contribution in [2.75, 3.05) is 0 Å². The van der Waals surface area contributed by atoms with E-state index in [1.165, 1.54) is 6.07 Å². The van der Waals surface area contributed by atoms with Crippen LogP contribution in [-0.4, -0.2) is 4.92 Å². The first-order valence-electron chi connectivity index (χ1n) is 3.84. The lowest BCUT2D eigenvalue weighted by Gasteiger charge is -2.02. The quantitative estimate of drug-likeness (QED) is 0.463. The van der Waals surface area contributed by atoms with E-state index in [0.717, 1.165) is 5.56 Å². The molecule has 0 bridgehead atoms. The van der Waals surface area contributed by atoms with Gasteiger partial charge in [0, 0.05) is 17.0 Å². The Bertz CT molecular complexity index is 424. The van der Waals surface area contributed by atoms with Gasteiger partial charge >= 0.3 is 0 Å². The normalized spacial score (nSPS) is 9.50. The summed E-state index contributed by atoms with van der Waals surface area (Å²) in [6.07, 6.45) is 0. The molecule has 0 spiro atoms. The summed E-state index contributed by atoms with van der Waals surface area (Å²) in [6.45, 7) is 1.66. The molecule has 14 heavy (non-hydrogen) atoms. The van der Waals surface area contributed by atoms with Crippen LogP contribution in [0.3, 0.4) is 0 Å². The molecule has 0 atom stereocenters. The molecule has 0 saturated carbocycles. The summed E-state index contributed by atoms with van der Waals surface area (Å²) in [5, 5.41) is 19.8. The monoisotopic (exact) mass is 254 g/mol. The highest BCUT2D eigenvalue weighted by Crippen LogP contribution is 2.23. The van der Waals surface area contributed by atoms with E-state index in [9.17, 15) is 10.1 Å². The van der Waals surface area contributed by atoms with E-state index < -0.39 is 4.92 Å². The molecule has 4 nitrogen and oxygen atoms in total. The molecule has 0 amide bonds. The molecule has 1 aromatic carbocycles. The van der Waals surface area contributed by atoms with Crippen molar-refractivity contribution >= 4 is 21.6 Å². The number of halogens is 1. The molecule has 0 aliphatic heterocycles. The Morgan fingerprint density at radius 2 is 2.29 bits per heavy atom. The van der Waals surface area contributed by atoms with Gasteiger partial charge in [0.05, 0.1) is 16.6 Å². The highest BCUT2D eigenvalue weighted by molar-refractivity contribution is 9.08. The van der Waals surface area contributed by atoms with E-state index >= 15 is 0 Å². The number of nitrogens with zero attached hydrogens (tertiary/aromatic N) is 2. The van der Waals surface area contributed by atoms with Crippen LogP contribution in [0.4, 0.5) is 5.69 Å². The van der Waals surface area contributed by atoms with Crippen molar-refractivity contribution in [1.82, 2.24) is 0 Å². The van der Waals surface area contributed by atoms with Crippen molar-refractivity contribution in [3.05, 3.63) is 38.9 Å². The number of nitriles is 1. The third-order valence-corrected chi connectivity index (χ3v) is 2.49. The lowest BCUT2D eigenvalue weighted by molar-refractivity contribution is -0.385. The summed E-state index contributed by atoms with van der Waals surface area (Å²) in [6, 6.07) is 4.90. The van der Waals surface area contributed by atoms with Crippen molar-refractivity contribution < 1.29 is 4.92 Å². The van der Waals surface area contributed by atoms with Crippen molar-refractivity contribution in [1.29, 1.82) is 5.26 Å². The van der Waals surface area contributed by atoms with Crippen molar-refractivity contribution in [2.45, 2.75) is 12.3 Å². The fourth-order valence-corrected chi connectivity index (χ4v) is 1.63. The molecule has 0 radical (unpaired) electrons. The smallest absolute Gasteiger partial charge is 0.258 e. The Morgan fingerprint density at radius 3 is 2.71 bits per heavy atom. The zero-order valence-corrected chi connectivity index (χ0v) is 9.04. The van der Waals surface area contributed by atoms with Crippen LogP contribution < -0.4 is 0 Å². The summed E-state index contributed by atoms with van der Waals surface area (Å²) in [5.41, 5.74) is 1.68. The highest BCUT2D eigenvalue weighted by atomic mass is 79.9. The number of alkyl halides is 1. The largest absolute Gasteiger partial charge is 0.273 e. The zero-order valence-electron chi connectivity index (χ0n) is 7.45. The van der Waals surface area contributed by atoms with Gasteiger partial charge in [-0.3, -0.25) is 10.1 Å². The SMILES string of the molecule is Cc1cc(CBr)c(C#N)cc1[N+](=O)[O-]. The molecule has 0 heterocycles. The standard InChI is InChI=1S/C9H7BrN2O2/c1-6-2-7(4-10)8(5-11)3-9(6)12(13)14/h2-3H,4H2,1H3. The van der Waals surface area contributed by atoms with E-state index in [4.69, 9.17) is 5.26 Å². The van der Waals surface area contributed by atoms with Crippen LogP contribution in [0.15, 0.2) is 12.1 Å². The van der Waals surface area contributed by atoms with Crippen LogP contribution in [0, 0.1) is 28.4 Å². The van der Waals surface area contributed by atoms with Crippen LogP contribution in [0.25, 0.3) is 0 Å². The fraction of sp³-hybridized carbons (Fsp3) is 0.222. The van der Waals surface area contributed by atoms with Gasteiger partial charge in [-0.05, 0) is 18.6 Å². The number of nitro groups is 1. The second-order valence-corrected chi connectivity index (χ2v) is 3.36. The zero-order chi connectivity index (χ0) is 10.7. The van der Waals surface area contributed by atoms with Gasteiger partial charge < -0.3 is 0 Å². The Hall–Kier alpha value is -1.41. The molecule has 5 heteroatoms. The Labute approximate surface area is 89.4 Å². The molecule has 1 rings (SSSR count). The van der Waals surface area contributed by atoms with E-state index in [1.807, 2.05) is 6.07 Å². The lowest BCUT2D eigenvalue weighted by Crippen LogP contribution is -1.95. The third-order valence-electron chi connectivity index (χ3n) is 1.88. The summed E-state index contributed by atoms with van der Waals surface area (Å²) in [5.74, 6) is 0. The van der Waals surface area contributed by atoms with E-state index in [1.54, 1.807) is 13.0 Å². The fourth-order valence-electron chi connectivity index (χ4n) is 1.17. The maximum absolute atomic E-state index is 10.6. The first kappa shape index (κ1) is 10.7. The minimum absolute atomic E-state index is 0.00810. The molecule has 0 aliphatic rings. The average molecular weight is 255 g/mol. The first-order chi connectivity index (χ1) is 6.60. The molecule has 72 valence electrons. The third kappa shape index (κ3) is 1.91. The summed E-state index contributed by atoms with van der Waals surface area (Å²) >= 11 is 3.22. The number of rotatable bonds is 2. The van der Waals surface area contributed by atoms with E-state index in [0.29, 0.717) is 16.5 Å². The lowest BCUT2D eigenvalue weighted by atomic mass is 10.1. The van der Waals surface area contributed by atoms with Gasteiger partial charge in [-0.2, -0.15) is 5.26 Å². The van der Waals surface area contributed by atoms with Crippen molar-refractivity contribution in [2.24, 2.45) is 0 Å². The van der Waals surface area contributed by atoms with E-state index in [2.05, 4.69) is 15.9 Å². The van der Waals surface area contributed by atoms with Gasteiger partial charge in [0.15, 0.2) is 0 Å². The highest BCUT2D eigenvalue weighted by Gasteiger charge is 2.14. The van der Waals surface area contributed by atoms with Crippen LogP contribution in [0.5, 0.6) is 0 Å². The van der Waals surface area contributed by atoms with Gasteiger partial charge in [0.25, 0.3) is 5.69 Å². The number of benzene rings is 1. The van der Waals surface area contributed by atoms with Crippen LogP contribution in [-0.2, 0) is 5.33 Å². The Kier molecular flexibility index (Phi) is 3.20. The van der Waals surface area contributed by atoms with Gasteiger partial charge in [-0.15, -0.1) is 0 Å². The molecule has 0 saturated heterocycles. The predicted octanol–water partition coefficient (Wildman–Crippen LogP) is 2.67. The van der Waals surface area contributed by atoms with Crippen LogP contribution >= 0.6 is 15.9 Å². The predicted molar refractivity (Wildman–Crippen MR) is 55.2 cm³/mol. The molecule has 0 N–H and O–H groups in total. The second-order valence-electron chi connectivity index (χ2n) is 2.80. The maximum Gasteiger partial charge on any atom is 0.273 e. The first-order valence-corrected chi connectivity index (χ1v) is 4.96. The van der Waals surface area contributed by atoms with Gasteiger partial charge in [-0.1, -0.05) is 15.9 Å². The van der Waals surface area contributed by atoms with Crippen LogP contribution in [0.1, 0.15) is 16.7 Å². The summed E-state index contributed by atoms with van der Waals surface area (Å²) in [7, 11) is 0. The van der Waals surface area contributed by atoms with Gasteiger partial charge in [0.1, 0.15) is 0 Å². The molecule has 1 aromatic rings. The van der Waals surface area contributed by atoms with Crippen molar-refractivity contribution in [3.8, 4) is 6.07 Å². The molecular formula is C9H7BrN2O2. The maximum atomic E-state index is 10.6. The number of nitro benzene ring substituents is 1. The van der Waals surface area contributed by atoms with Gasteiger partial charge in [0.2, 0.25) is 0 Å². The topological polar surface area (TPSA) is 66.9 Å². The average Bonchev–Trinajstić information content (AvgIpc) is 2.16. The number of aryl methyl sites for hydroxylation is 1. The summed E-state index contributed by atoms with van der Waals surface area (Å²) in [4.78, 5) is 10.1. The van der Waals surface area contributed by atoms with E-state index in [-0.39, 0.29) is 5.69 Å². The number of hydrogen-bond donors (Lipinski definition) is 0. The molecule has 0 aliphatic carbocycles.